The van der Waals surface area contributed by atoms with Gasteiger partial charge in [-0.2, -0.15) is 8.42 Å². The van der Waals surface area contributed by atoms with Crippen LogP contribution < -0.4 is 4.18 Å². The van der Waals surface area contributed by atoms with Crippen LogP contribution in [0.1, 0.15) is 27.6 Å². The third kappa shape index (κ3) is 3.95. The predicted octanol–water partition coefficient (Wildman–Crippen LogP) is 2.44. The topological polar surface area (TPSA) is 86.7 Å². The monoisotopic (exact) mass is 334 g/mol. The molecule has 0 saturated heterocycles. The lowest BCUT2D eigenvalue weighted by Gasteiger charge is -2.08. The Kier molecular flexibility index (Phi) is 4.80. The average molecular weight is 334 g/mol. The van der Waals surface area contributed by atoms with Crippen LogP contribution in [0.25, 0.3) is 0 Å². The van der Waals surface area contributed by atoms with Crippen LogP contribution >= 0.6 is 0 Å². The van der Waals surface area contributed by atoms with Crippen LogP contribution in [0.15, 0.2) is 53.4 Å². The molecule has 0 radical (unpaired) electrons. The highest BCUT2D eigenvalue weighted by Crippen LogP contribution is 2.20. The van der Waals surface area contributed by atoms with Crippen molar-refractivity contribution >= 4 is 21.9 Å². The lowest BCUT2D eigenvalue weighted by molar-refractivity contribution is 0.0600. The van der Waals surface area contributed by atoms with Crippen molar-refractivity contribution in [3.05, 3.63) is 59.7 Å². The van der Waals surface area contributed by atoms with E-state index in [0.29, 0.717) is 5.56 Å². The minimum Gasteiger partial charge on any atom is -0.465 e. The minimum atomic E-state index is -4.03. The van der Waals surface area contributed by atoms with E-state index >= 15 is 0 Å². The molecule has 120 valence electrons. The molecule has 0 N–H and O–H groups in total. The highest BCUT2D eigenvalue weighted by molar-refractivity contribution is 7.87. The Hall–Kier alpha value is -2.67. The first-order chi connectivity index (χ1) is 10.8. The molecule has 0 aromatic heterocycles. The van der Waals surface area contributed by atoms with E-state index in [0.717, 1.165) is 0 Å². The molecule has 0 amide bonds. The van der Waals surface area contributed by atoms with E-state index in [1.807, 2.05) is 0 Å². The van der Waals surface area contributed by atoms with Crippen molar-refractivity contribution in [1.29, 1.82) is 0 Å². The number of hydrogen-bond acceptors (Lipinski definition) is 6. The molecule has 0 unspecified atom stereocenters. The number of methoxy groups -OCH3 is 1. The fourth-order valence-electron chi connectivity index (χ4n) is 1.80. The summed E-state index contributed by atoms with van der Waals surface area (Å²) in [7, 11) is -2.80. The smallest absolute Gasteiger partial charge is 0.339 e. The first kappa shape index (κ1) is 16.7. The lowest BCUT2D eigenvalue weighted by atomic mass is 10.1. The molecule has 2 rings (SSSR count). The Morgan fingerprint density at radius 3 is 1.87 bits per heavy atom. The highest BCUT2D eigenvalue weighted by Gasteiger charge is 2.17. The van der Waals surface area contributed by atoms with E-state index in [1.54, 1.807) is 0 Å². The fourth-order valence-corrected chi connectivity index (χ4v) is 2.73. The van der Waals surface area contributed by atoms with Gasteiger partial charge < -0.3 is 8.92 Å². The quantitative estimate of drug-likeness (QED) is 0.474. The van der Waals surface area contributed by atoms with Gasteiger partial charge in [-0.05, 0) is 55.5 Å². The SMILES string of the molecule is COC(=O)c1ccc(S(=O)(=O)Oc2ccc(C(C)=O)cc2)cc1. The number of carbonyl (C=O) groups is 2. The standard InChI is InChI=1S/C16H14O6S/c1-11(17)12-3-7-14(8-4-12)22-23(19,20)15-9-5-13(6-10-15)16(18)21-2/h3-10H,1-2H3. The van der Waals surface area contributed by atoms with Crippen LogP contribution in [-0.4, -0.2) is 27.3 Å². The van der Waals surface area contributed by atoms with Gasteiger partial charge in [-0.1, -0.05) is 0 Å². The van der Waals surface area contributed by atoms with Gasteiger partial charge >= 0.3 is 16.1 Å². The largest absolute Gasteiger partial charge is 0.465 e. The summed E-state index contributed by atoms with van der Waals surface area (Å²) >= 11 is 0. The molecule has 0 atom stereocenters. The van der Waals surface area contributed by atoms with E-state index in [4.69, 9.17) is 4.18 Å². The minimum absolute atomic E-state index is 0.0899. The van der Waals surface area contributed by atoms with Crippen molar-refractivity contribution in [3.8, 4) is 5.75 Å². The summed E-state index contributed by atoms with van der Waals surface area (Å²) in [5.41, 5.74) is 0.689. The number of carbonyl (C=O) groups excluding carboxylic acids is 2. The van der Waals surface area contributed by atoms with Gasteiger partial charge in [-0.25, -0.2) is 4.79 Å². The van der Waals surface area contributed by atoms with E-state index in [9.17, 15) is 18.0 Å². The predicted molar refractivity (Wildman–Crippen MR) is 82.0 cm³/mol. The maximum absolute atomic E-state index is 12.2. The molecule has 7 heteroatoms. The van der Waals surface area contributed by atoms with Crippen molar-refractivity contribution in [1.82, 2.24) is 0 Å². The number of esters is 1. The molecule has 2 aromatic rings. The molecule has 0 spiro atoms. The third-order valence-corrected chi connectivity index (χ3v) is 4.29. The second-order valence-electron chi connectivity index (χ2n) is 4.63. The summed E-state index contributed by atoms with van der Waals surface area (Å²) in [6.45, 7) is 1.41. The zero-order valence-electron chi connectivity index (χ0n) is 12.5. The van der Waals surface area contributed by atoms with Crippen LogP contribution in [-0.2, 0) is 14.9 Å². The van der Waals surface area contributed by atoms with Gasteiger partial charge in [-0.15, -0.1) is 0 Å². The first-order valence-electron chi connectivity index (χ1n) is 6.57. The van der Waals surface area contributed by atoms with Gasteiger partial charge in [0, 0.05) is 5.56 Å². The Balaban J connectivity index is 2.21. The van der Waals surface area contributed by atoms with Crippen molar-refractivity contribution in [2.75, 3.05) is 7.11 Å². The molecule has 0 aliphatic carbocycles. The number of ether oxygens (including phenoxy) is 1. The van der Waals surface area contributed by atoms with Gasteiger partial charge in [-0.3, -0.25) is 4.79 Å². The van der Waals surface area contributed by atoms with Crippen LogP contribution in [0, 0.1) is 0 Å². The van der Waals surface area contributed by atoms with Gasteiger partial charge in [0.2, 0.25) is 0 Å². The molecule has 0 bridgehead atoms. The Labute approximate surface area is 133 Å². The lowest BCUT2D eigenvalue weighted by Crippen LogP contribution is -2.10. The normalized spacial score (nSPS) is 10.9. The van der Waals surface area contributed by atoms with Gasteiger partial charge in [0.1, 0.15) is 10.6 Å². The molecular weight excluding hydrogens is 320 g/mol. The maximum Gasteiger partial charge on any atom is 0.339 e. The van der Waals surface area contributed by atoms with E-state index in [1.165, 1.54) is 62.6 Å². The molecular formula is C16H14O6S. The zero-order chi connectivity index (χ0) is 17.0. The first-order valence-corrected chi connectivity index (χ1v) is 7.98. The number of ketones is 1. The molecule has 0 aliphatic rings. The molecule has 23 heavy (non-hydrogen) atoms. The summed E-state index contributed by atoms with van der Waals surface area (Å²) < 4.78 is 33.9. The highest BCUT2D eigenvalue weighted by atomic mass is 32.2. The van der Waals surface area contributed by atoms with E-state index < -0.39 is 16.1 Å². The number of rotatable bonds is 5. The fraction of sp³-hybridized carbons (Fsp3) is 0.125. The summed E-state index contributed by atoms with van der Waals surface area (Å²) in [4.78, 5) is 22.4. The number of benzene rings is 2. The Morgan fingerprint density at radius 1 is 0.870 bits per heavy atom. The zero-order valence-corrected chi connectivity index (χ0v) is 13.3. The van der Waals surface area contributed by atoms with Crippen molar-refractivity contribution in [3.63, 3.8) is 0 Å². The Bertz CT molecular complexity index is 820. The van der Waals surface area contributed by atoms with Crippen molar-refractivity contribution in [2.24, 2.45) is 0 Å². The average Bonchev–Trinajstić information content (AvgIpc) is 2.54. The number of Topliss-reactive ketones (excluding diaryl/α,β-unsaturated/α-hetero) is 1. The van der Waals surface area contributed by atoms with Crippen molar-refractivity contribution < 1.29 is 26.9 Å². The van der Waals surface area contributed by atoms with E-state index in [-0.39, 0.29) is 22.0 Å². The molecule has 0 saturated carbocycles. The summed E-state index contributed by atoms with van der Waals surface area (Å²) in [5, 5.41) is 0. The van der Waals surface area contributed by atoms with Gasteiger partial charge in [0.15, 0.2) is 5.78 Å². The molecule has 0 heterocycles. The van der Waals surface area contributed by atoms with Gasteiger partial charge in [0.25, 0.3) is 0 Å². The summed E-state index contributed by atoms with van der Waals surface area (Å²) in [6, 6.07) is 10.9. The molecule has 2 aromatic carbocycles. The number of hydrogen-bond donors (Lipinski definition) is 0. The summed E-state index contributed by atoms with van der Waals surface area (Å²) in [6.07, 6.45) is 0. The summed E-state index contributed by atoms with van der Waals surface area (Å²) in [5.74, 6) is -0.598. The van der Waals surface area contributed by atoms with Gasteiger partial charge in [0.05, 0.1) is 12.7 Å². The Morgan fingerprint density at radius 2 is 1.39 bits per heavy atom. The van der Waals surface area contributed by atoms with E-state index in [2.05, 4.69) is 4.74 Å². The maximum atomic E-state index is 12.2. The molecule has 0 fully saturated rings. The van der Waals surface area contributed by atoms with Crippen LogP contribution in [0.3, 0.4) is 0 Å². The van der Waals surface area contributed by atoms with Crippen molar-refractivity contribution in [2.45, 2.75) is 11.8 Å². The second kappa shape index (κ2) is 6.62. The van der Waals surface area contributed by atoms with Crippen LogP contribution in [0.4, 0.5) is 0 Å². The van der Waals surface area contributed by atoms with Crippen LogP contribution in [0.2, 0.25) is 0 Å². The molecule has 0 aliphatic heterocycles. The second-order valence-corrected chi connectivity index (χ2v) is 6.18. The third-order valence-electron chi connectivity index (χ3n) is 3.03. The molecule has 6 nitrogen and oxygen atoms in total. The van der Waals surface area contributed by atoms with Crippen LogP contribution in [0.5, 0.6) is 5.75 Å².